The van der Waals surface area contributed by atoms with Crippen LogP contribution in [0.5, 0.6) is 5.75 Å². The second kappa shape index (κ2) is 7.00. The number of furan rings is 1. The number of benzene rings is 1. The topological polar surface area (TPSA) is 88.8 Å². The number of carboxylic acid groups (broad SMARTS) is 1. The Hall–Kier alpha value is -2.47. The van der Waals surface area contributed by atoms with Crippen molar-refractivity contribution < 1.29 is 23.8 Å². The molecule has 6 nitrogen and oxygen atoms in total. The molecule has 0 fully saturated rings. The van der Waals surface area contributed by atoms with E-state index >= 15 is 0 Å². The largest absolute Gasteiger partial charge is 0.480 e. The number of hydrogen-bond acceptors (Lipinski definition) is 4. The Morgan fingerprint density at radius 2 is 2.09 bits per heavy atom. The van der Waals surface area contributed by atoms with Gasteiger partial charge in [0.1, 0.15) is 17.3 Å². The molecule has 0 unspecified atom stereocenters. The first-order chi connectivity index (χ1) is 10.4. The standard InChI is InChI=1S/C15H14ClNO5/c1-9-2-4-11(22-9)7-14(18)17-10-3-5-13(12(16)6-10)21-8-15(19)20/h2-6H,7-8H2,1H3,(H,17,18)(H,19,20). The van der Waals surface area contributed by atoms with Crippen LogP contribution in [0.4, 0.5) is 5.69 Å². The van der Waals surface area contributed by atoms with Gasteiger partial charge in [-0.1, -0.05) is 11.6 Å². The van der Waals surface area contributed by atoms with E-state index in [1.807, 2.05) is 0 Å². The van der Waals surface area contributed by atoms with Gasteiger partial charge in [0.25, 0.3) is 0 Å². The molecule has 0 aliphatic heterocycles. The Balaban J connectivity index is 1.96. The molecule has 0 spiro atoms. The lowest BCUT2D eigenvalue weighted by atomic mass is 10.2. The zero-order chi connectivity index (χ0) is 16.1. The highest BCUT2D eigenvalue weighted by Crippen LogP contribution is 2.27. The van der Waals surface area contributed by atoms with Crippen LogP contribution in [0.3, 0.4) is 0 Å². The first kappa shape index (κ1) is 15.9. The molecule has 0 saturated heterocycles. The number of aliphatic carboxylic acids is 1. The minimum absolute atomic E-state index is 0.114. The molecule has 0 aliphatic rings. The Morgan fingerprint density at radius 1 is 1.32 bits per heavy atom. The number of carboxylic acids is 1. The molecule has 2 N–H and O–H groups in total. The van der Waals surface area contributed by atoms with Crippen LogP contribution in [0.2, 0.25) is 5.02 Å². The minimum atomic E-state index is -1.10. The third-order valence-corrected chi connectivity index (χ3v) is 2.99. The van der Waals surface area contributed by atoms with Gasteiger partial charge in [0.15, 0.2) is 6.61 Å². The van der Waals surface area contributed by atoms with Crippen LogP contribution in [-0.2, 0) is 16.0 Å². The summed E-state index contributed by atoms with van der Waals surface area (Å²) < 4.78 is 10.3. The van der Waals surface area contributed by atoms with Gasteiger partial charge in [-0.3, -0.25) is 4.79 Å². The lowest BCUT2D eigenvalue weighted by molar-refractivity contribution is -0.139. The van der Waals surface area contributed by atoms with Crippen molar-refractivity contribution in [3.63, 3.8) is 0 Å². The van der Waals surface area contributed by atoms with Gasteiger partial charge in [0.2, 0.25) is 5.91 Å². The maximum atomic E-state index is 11.9. The van der Waals surface area contributed by atoms with Crippen LogP contribution < -0.4 is 10.1 Å². The molecule has 22 heavy (non-hydrogen) atoms. The van der Waals surface area contributed by atoms with E-state index in [9.17, 15) is 9.59 Å². The number of ether oxygens (including phenoxy) is 1. The molecule has 0 radical (unpaired) electrons. The SMILES string of the molecule is Cc1ccc(CC(=O)Nc2ccc(OCC(=O)O)c(Cl)c2)o1. The van der Waals surface area contributed by atoms with Gasteiger partial charge in [0, 0.05) is 5.69 Å². The second-order valence-electron chi connectivity index (χ2n) is 4.56. The average molecular weight is 324 g/mol. The summed E-state index contributed by atoms with van der Waals surface area (Å²) in [4.78, 5) is 22.3. The summed E-state index contributed by atoms with van der Waals surface area (Å²) in [5, 5.41) is 11.4. The van der Waals surface area contributed by atoms with E-state index in [1.54, 1.807) is 25.1 Å². The lowest BCUT2D eigenvalue weighted by Gasteiger charge is -2.08. The molecule has 0 bridgehead atoms. The molecule has 1 aromatic carbocycles. The highest BCUT2D eigenvalue weighted by atomic mass is 35.5. The quantitative estimate of drug-likeness (QED) is 0.853. The third-order valence-electron chi connectivity index (χ3n) is 2.70. The van der Waals surface area contributed by atoms with E-state index in [-0.39, 0.29) is 23.1 Å². The van der Waals surface area contributed by atoms with Crippen molar-refractivity contribution in [2.24, 2.45) is 0 Å². The number of carbonyl (C=O) groups excluding carboxylic acids is 1. The Kier molecular flexibility index (Phi) is 5.06. The molecule has 2 aromatic rings. The smallest absolute Gasteiger partial charge is 0.341 e. The van der Waals surface area contributed by atoms with E-state index in [0.29, 0.717) is 11.4 Å². The molecule has 0 aliphatic carbocycles. The fraction of sp³-hybridized carbons (Fsp3) is 0.200. The van der Waals surface area contributed by atoms with Crippen LogP contribution in [0, 0.1) is 6.92 Å². The van der Waals surface area contributed by atoms with E-state index in [0.717, 1.165) is 5.76 Å². The van der Waals surface area contributed by atoms with Gasteiger partial charge in [-0.25, -0.2) is 4.79 Å². The van der Waals surface area contributed by atoms with Crippen molar-refractivity contribution in [3.05, 3.63) is 46.9 Å². The fourth-order valence-electron chi connectivity index (χ4n) is 1.78. The summed E-state index contributed by atoms with van der Waals surface area (Å²) in [5.41, 5.74) is 0.487. The Bertz CT molecular complexity index is 695. The summed E-state index contributed by atoms with van der Waals surface area (Å²) in [6.07, 6.45) is 0.114. The molecule has 1 heterocycles. The molecule has 1 aromatic heterocycles. The van der Waals surface area contributed by atoms with Crippen molar-refractivity contribution in [2.75, 3.05) is 11.9 Å². The summed E-state index contributed by atoms with van der Waals surface area (Å²) in [7, 11) is 0. The maximum absolute atomic E-state index is 11.9. The van der Waals surface area contributed by atoms with Crippen molar-refractivity contribution >= 4 is 29.2 Å². The fourth-order valence-corrected chi connectivity index (χ4v) is 2.01. The van der Waals surface area contributed by atoms with Gasteiger partial charge in [-0.15, -0.1) is 0 Å². The number of carbonyl (C=O) groups is 2. The minimum Gasteiger partial charge on any atom is -0.480 e. The summed E-state index contributed by atoms with van der Waals surface area (Å²) in [6.45, 7) is 1.32. The number of amides is 1. The van der Waals surface area contributed by atoms with Crippen molar-refractivity contribution in [1.82, 2.24) is 0 Å². The van der Waals surface area contributed by atoms with Crippen LogP contribution in [0.1, 0.15) is 11.5 Å². The molecule has 0 saturated carbocycles. The van der Waals surface area contributed by atoms with Crippen molar-refractivity contribution in [1.29, 1.82) is 0 Å². The summed E-state index contributed by atoms with van der Waals surface area (Å²) in [5.74, 6) is 0.212. The summed E-state index contributed by atoms with van der Waals surface area (Å²) >= 11 is 5.97. The number of halogens is 1. The summed E-state index contributed by atoms with van der Waals surface area (Å²) in [6, 6.07) is 8.09. The average Bonchev–Trinajstić information content (AvgIpc) is 2.82. The van der Waals surface area contributed by atoms with E-state index in [2.05, 4.69) is 5.32 Å². The highest BCUT2D eigenvalue weighted by molar-refractivity contribution is 6.32. The second-order valence-corrected chi connectivity index (χ2v) is 4.97. The van der Waals surface area contributed by atoms with E-state index in [1.165, 1.54) is 12.1 Å². The normalized spacial score (nSPS) is 10.3. The molecule has 116 valence electrons. The Labute approximate surface area is 131 Å². The van der Waals surface area contributed by atoms with Crippen LogP contribution >= 0.6 is 11.6 Å². The van der Waals surface area contributed by atoms with Gasteiger partial charge in [0.05, 0.1) is 11.4 Å². The zero-order valence-electron chi connectivity index (χ0n) is 11.8. The molecule has 2 rings (SSSR count). The van der Waals surface area contributed by atoms with Crippen LogP contribution in [0.25, 0.3) is 0 Å². The van der Waals surface area contributed by atoms with E-state index < -0.39 is 12.6 Å². The first-order valence-corrected chi connectivity index (χ1v) is 6.81. The van der Waals surface area contributed by atoms with Crippen molar-refractivity contribution in [3.8, 4) is 5.75 Å². The van der Waals surface area contributed by atoms with Gasteiger partial charge in [-0.2, -0.15) is 0 Å². The molecule has 0 atom stereocenters. The highest BCUT2D eigenvalue weighted by Gasteiger charge is 2.10. The molecular formula is C15H14ClNO5. The molecule has 7 heteroatoms. The van der Waals surface area contributed by atoms with Gasteiger partial charge >= 0.3 is 5.97 Å². The third kappa shape index (κ3) is 4.53. The van der Waals surface area contributed by atoms with Gasteiger partial charge in [-0.05, 0) is 37.3 Å². The zero-order valence-corrected chi connectivity index (χ0v) is 12.5. The predicted octanol–water partition coefficient (Wildman–Crippen LogP) is 2.89. The van der Waals surface area contributed by atoms with Crippen molar-refractivity contribution in [2.45, 2.75) is 13.3 Å². The number of anilines is 1. The number of nitrogens with one attached hydrogen (secondary N) is 1. The monoisotopic (exact) mass is 323 g/mol. The van der Waals surface area contributed by atoms with Crippen LogP contribution in [-0.4, -0.2) is 23.6 Å². The molecule has 1 amide bonds. The van der Waals surface area contributed by atoms with Crippen LogP contribution in [0.15, 0.2) is 34.7 Å². The van der Waals surface area contributed by atoms with E-state index in [4.69, 9.17) is 25.9 Å². The number of hydrogen-bond donors (Lipinski definition) is 2. The number of aryl methyl sites for hydroxylation is 1. The Morgan fingerprint density at radius 3 is 2.68 bits per heavy atom. The number of rotatable bonds is 6. The first-order valence-electron chi connectivity index (χ1n) is 6.43. The van der Waals surface area contributed by atoms with Gasteiger partial charge < -0.3 is 19.6 Å². The molecular weight excluding hydrogens is 310 g/mol. The maximum Gasteiger partial charge on any atom is 0.341 e. The lowest BCUT2D eigenvalue weighted by Crippen LogP contribution is -2.14. The predicted molar refractivity (Wildman–Crippen MR) is 80.4 cm³/mol.